The van der Waals surface area contributed by atoms with Gasteiger partial charge in [0.15, 0.2) is 0 Å². The monoisotopic (exact) mass is 405 g/mol. The van der Waals surface area contributed by atoms with Crippen molar-refractivity contribution < 1.29 is 27.6 Å². The fourth-order valence-electron chi connectivity index (χ4n) is 1.75. The number of nitrogens with one attached hydrogen (secondary N) is 5. The maximum absolute atomic E-state index is 12.5. The van der Waals surface area contributed by atoms with Crippen molar-refractivity contribution in [2.75, 3.05) is 11.9 Å². The quantitative estimate of drug-likeness (QED) is 0.388. The van der Waals surface area contributed by atoms with Gasteiger partial charge in [-0.15, -0.1) is 5.53 Å². The highest BCUT2D eigenvalue weighted by Crippen LogP contribution is 2.29. The normalized spacial score (nSPS) is 14.1. The summed E-state index contributed by atoms with van der Waals surface area (Å²) >= 11 is 0.360. The van der Waals surface area contributed by atoms with E-state index in [1.165, 1.54) is 0 Å². The van der Waals surface area contributed by atoms with Crippen LogP contribution in [0.25, 0.3) is 0 Å². The second-order valence-corrected chi connectivity index (χ2v) is 5.89. The van der Waals surface area contributed by atoms with Gasteiger partial charge in [0.05, 0.1) is 29.8 Å². The first-order valence-corrected chi connectivity index (χ1v) is 8.04. The lowest BCUT2D eigenvalue weighted by atomic mass is 10.2. The number of amides is 5. The van der Waals surface area contributed by atoms with Gasteiger partial charge in [0.25, 0.3) is 0 Å². The first-order valence-electron chi connectivity index (χ1n) is 7.22. The summed E-state index contributed by atoms with van der Waals surface area (Å²) in [7, 11) is 0. The van der Waals surface area contributed by atoms with Crippen LogP contribution in [0, 0.1) is 0 Å². The molecule has 14 heteroatoms. The number of halogens is 3. The molecule has 1 aliphatic heterocycles. The number of alkyl halides is 3. The van der Waals surface area contributed by atoms with Gasteiger partial charge in [0.1, 0.15) is 0 Å². The van der Waals surface area contributed by atoms with Crippen molar-refractivity contribution >= 4 is 40.6 Å². The maximum Gasteiger partial charge on any atom is 0.416 e. The molecule has 0 saturated carbocycles. The second kappa shape index (κ2) is 8.59. The van der Waals surface area contributed by atoms with Crippen LogP contribution in [0.3, 0.4) is 0 Å². The number of benzene rings is 1. The number of nitrogens with zero attached hydrogens (tertiary/aromatic N) is 2. The standard InChI is InChI=1S/C13H14F3N7O3S/c1-7-6-23(11(25)20-18-7)22-19-10(24)21-27-12(26)17-9-4-2-8(3-5-9)13(14,15)16/h2-5,22H,6H2,1H3,(H,17,26)(H,20,25)(H2,19,21,24). The number of urea groups is 2. The van der Waals surface area contributed by atoms with Crippen LogP contribution in [0.5, 0.6) is 0 Å². The molecule has 0 aliphatic carbocycles. The van der Waals surface area contributed by atoms with E-state index in [2.05, 4.69) is 31.5 Å². The van der Waals surface area contributed by atoms with Gasteiger partial charge in [-0.1, -0.05) is 0 Å². The van der Waals surface area contributed by atoms with E-state index in [0.29, 0.717) is 17.7 Å². The zero-order valence-electron chi connectivity index (χ0n) is 13.7. The third-order valence-electron chi connectivity index (χ3n) is 2.97. The highest BCUT2D eigenvalue weighted by Gasteiger charge is 2.30. The lowest BCUT2D eigenvalue weighted by molar-refractivity contribution is -0.137. The van der Waals surface area contributed by atoms with Gasteiger partial charge in [-0.2, -0.15) is 18.3 Å². The van der Waals surface area contributed by atoms with Crippen LogP contribution in [0.15, 0.2) is 29.4 Å². The van der Waals surface area contributed by atoms with Crippen LogP contribution >= 0.6 is 11.9 Å². The zero-order valence-corrected chi connectivity index (χ0v) is 14.5. The van der Waals surface area contributed by atoms with Gasteiger partial charge in [-0.3, -0.25) is 14.9 Å². The topological polar surface area (TPSA) is 127 Å². The molecule has 0 atom stereocenters. The summed E-state index contributed by atoms with van der Waals surface area (Å²) < 4.78 is 39.5. The molecule has 10 nitrogen and oxygen atoms in total. The number of hydrogen-bond donors (Lipinski definition) is 5. The Morgan fingerprint density at radius 3 is 2.56 bits per heavy atom. The predicted octanol–water partition coefficient (Wildman–Crippen LogP) is 2.01. The minimum Gasteiger partial charge on any atom is -0.315 e. The van der Waals surface area contributed by atoms with Gasteiger partial charge < -0.3 is 5.32 Å². The maximum atomic E-state index is 12.5. The molecular formula is C13H14F3N7O3S. The first kappa shape index (κ1) is 20.3. The van der Waals surface area contributed by atoms with Crippen molar-refractivity contribution in [3.63, 3.8) is 0 Å². The third kappa shape index (κ3) is 6.34. The van der Waals surface area contributed by atoms with Gasteiger partial charge in [0, 0.05) is 5.69 Å². The fourth-order valence-corrected chi connectivity index (χ4v) is 2.16. The summed E-state index contributed by atoms with van der Waals surface area (Å²) in [4.78, 5) is 34.7. The van der Waals surface area contributed by atoms with Crippen molar-refractivity contribution in [3.05, 3.63) is 29.8 Å². The molecule has 0 radical (unpaired) electrons. The molecule has 146 valence electrons. The molecular weight excluding hydrogens is 391 g/mol. The Kier molecular flexibility index (Phi) is 6.46. The van der Waals surface area contributed by atoms with Crippen molar-refractivity contribution in [3.8, 4) is 0 Å². The van der Waals surface area contributed by atoms with Crippen molar-refractivity contribution in [1.29, 1.82) is 0 Å². The van der Waals surface area contributed by atoms with E-state index in [4.69, 9.17) is 0 Å². The lowest BCUT2D eigenvalue weighted by Gasteiger charge is -2.25. The number of hydrogen-bond acceptors (Lipinski definition) is 6. The lowest BCUT2D eigenvalue weighted by Crippen LogP contribution is -2.59. The molecule has 2 rings (SSSR count). The minimum absolute atomic E-state index is 0.126. The molecule has 0 aromatic heterocycles. The van der Waals surface area contributed by atoms with Crippen LogP contribution < -0.4 is 26.4 Å². The Morgan fingerprint density at radius 1 is 1.26 bits per heavy atom. The molecule has 1 aromatic rings. The third-order valence-corrected chi connectivity index (χ3v) is 3.55. The summed E-state index contributed by atoms with van der Waals surface area (Å²) in [6.07, 6.45) is -4.47. The van der Waals surface area contributed by atoms with Gasteiger partial charge >= 0.3 is 23.5 Å². The molecule has 1 heterocycles. The summed E-state index contributed by atoms with van der Waals surface area (Å²) in [6, 6.07) is 2.38. The number of carbonyl (C=O) groups is 3. The Morgan fingerprint density at radius 2 is 1.93 bits per heavy atom. The largest absolute Gasteiger partial charge is 0.416 e. The molecule has 0 saturated heterocycles. The Labute approximate surface area is 155 Å². The number of hydrazine groups is 2. The van der Waals surface area contributed by atoms with E-state index in [0.717, 1.165) is 29.3 Å². The molecule has 5 amide bonds. The molecule has 0 bridgehead atoms. The van der Waals surface area contributed by atoms with E-state index < -0.39 is 29.0 Å². The Hall–Kier alpha value is -3.00. The van der Waals surface area contributed by atoms with E-state index in [-0.39, 0.29) is 12.2 Å². The molecule has 0 spiro atoms. The average Bonchev–Trinajstić information content (AvgIpc) is 2.60. The summed E-state index contributed by atoms with van der Waals surface area (Å²) in [5.74, 6) is 0. The Balaban J connectivity index is 1.72. The van der Waals surface area contributed by atoms with Gasteiger partial charge in [-0.25, -0.2) is 20.0 Å². The number of anilines is 1. The molecule has 1 aliphatic rings. The van der Waals surface area contributed by atoms with Crippen LogP contribution in [0.2, 0.25) is 0 Å². The SMILES string of the molecule is CC1=NNC(=O)N(NNC(=O)NSC(=O)Nc2ccc(C(F)(F)F)cc2)C1. The van der Waals surface area contributed by atoms with E-state index in [1.54, 1.807) is 6.92 Å². The first-order chi connectivity index (χ1) is 12.6. The van der Waals surface area contributed by atoms with Gasteiger partial charge in [-0.05, 0) is 31.2 Å². The van der Waals surface area contributed by atoms with Crippen molar-refractivity contribution in [2.24, 2.45) is 5.10 Å². The molecule has 0 fully saturated rings. The van der Waals surface area contributed by atoms with Crippen molar-refractivity contribution in [2.45, 2.75) is 13.1 Å². The molecule has 1 aromatic carbocycles. The number of hydrazone groups is 1. The second-order valence-electron chi connectivity index (χ2n) is 5.11. The van der Waals surface area contributed by atoms with E-state index in [9.17, 15) is 27.6 Å². The van der Waals surface area contributed by atoms with Crippen LogP contribution in [-0.4, -0.2) is 34.6 Å². The van der Waals surface area contributed by atoms with Crippen molar-refractivity contribution in [1.82, 2.24) is 26.1 Å². The highest BCUT2D eigenvalue weighted by molar-refractivity contribution is 8.12. The zero-order chi connectivity index (χ0) is 20.0. The van der Waals surface area contributed by atoms with Gasteiger partial charge in [0.2, 0.25) is 0 Å². The van der Waals surface area contributed by atoms with Crippen LogP contribution in [0.1, 0.15) is 12.5 Å². The fraction of sp³-hybridized carbons (Fsp3) is 0.231. The van der Waals surface area contributed by atoms with Crippen LogP contribution in [-0.2, 0) is 6.18 Å². The summed E-state index contributed by atoms with van der Waals surface area (Å²) in [5, 5.41) is 6.30. The minimum atomic E-state index is -4.47. The predicted molar refractivity (Wildman–Crippen MR) is 91.2 cm³/mol. The summed E-state index contributed by atoms with van der Waals surface area (Å²) in [5.41, 5.74) is 6.52. The average molecular weight is 405 g/mol. The Bertz CT molecular complexity index is 755. The van der Waals surface area contributed by atoms with E-state index >= 15 is 0 Å². The number of rotatable bonds is 3. The smallest absolute Gasteiger partial charge is 0.315 e. The molecule has 27 heavy (non-hydrogen) atoms. The van der Waals surface area contributed by atoms with Crippen LogP contribution in [0.4, 0.5) is 33.2 Å². The molecule has 0 unspecified atom stereocenters. The number of carbonyl (C=O) groups excluding carboxylic acids is 3. The van der Waals surface area contributed by atoms with E-state index in [1.807, 2.05) is 0 Å². The molecule has 5 N–H and O–H groups in total. The highest BCUT2D eigenvalue weighted by atomic mass is 32.2. The summed E-state index contributed by atoms with van der Waals surface area (Å²) in [6.45, 7) is 1.79.